The Kier molecular flexibility index (Phi) is 5.35. The molecule has 1 aliphatic heterocycles. The molecule has 1 aromatic carbocycles. The van der Waals surface area contributed by atoms with E-state index in [-0.39, 0.29) is 22.8 Å². The van der Waals surface area contributed by atoms with Crippen LogP contribution < -0.4 is 10.5 Å². The lowest BCUT2D eigenvalue weighted by molar-refractivity contribution is 0.0749. The summed E-state index contributed by atoms with van der Waals surface area (Å²) in [5, 5.41) is 11.4. The second kappa shape index (κ2) is 8.47. The number of hydrogen-bond acceptors (Lipinski definition) is 8. The molecule has 5 rings (SSSR count). The number of nitrogens with zero attached hydrogens (tertiary/aromatic N) is 4. The average Bonchev–Trinajstić information content (AvgIpc) is 3.29. The van der Waals surface area contributed by atoms with Crippen LogP contribution in [0.5, 0.6) is 5.75 Å². The van der Waals surface area contributed by atoms with Gasteiger partial charge in [0.2, 0.25) is 0 Å². The molecule has 0 atom stereocenters. The van der Waals surface area contributed by atoms with E-state index < -0.39 is 0 Å². The number of anilines is 1. The molecule has 33 heavy (non-hydrogen) atoms. The van der Waals surface area contributed by atoms with E-state index in [1.807, 2.05) is 0 Å². The molecule has 10 heteroatoms. The van der Waals surface area contributed by atoms with Gasteiger partial charge in [0, 0.05) is 43.4 Å². The van der Waals surface area contributed by atoms with E-state index in [1.165, 1.54) is 17.4 Å². The molecule has 0 bridgehead atoms. The fourth-order valence-corrected chi connectivity index (χ4v) is 4.75. The minimum atomic E-state index is -0.298. The zero-order valence-electron chi connectivity index (χ0n) is 17.4. The van der Waals surface area contributed by atoms with Crippen molar-refractivity contribution < 1.29 is 14.7 Å². The Morgan fingerprint density at radius 3 is 2.70 bits per heavy atom. The van der Waals surface area contributed by atoms with Gasteiger partial charge in [-0.3, -0.25) is 19.4 Å². The Morgan fingerprint density at radius 1 is 1.15 bits per heavy atom. The first-order valence-electron chi connectivity index (χ1n) is 10.3. The van der Waals surface area contributed by atoms with Crippen molar-refractivity contribution >= 4 is 39.4 Å². The van der Waals surface area contributed by atoms with Crippen LogP contribution in [0.25, 0.3) is 21.7 Å². The number of aromatic amines is 1. The summed E-state index contributed by atoms with van der Waals surface area (Å²) in [4.78, 5) is 52.3. The maximum Gasteiger partial charge on any atom is 0.269 e. The first-order chi connectivity index (χ1) is 16.0. The number of aromatic hydroxyl groups is 1. The predicted octanol–water partition coefficient (Wildman–Crippen LogP) is 2.53. The number of aldehydes is 1. The average molecular weight is 462 g/mol. The fourth-order valence-electron chi connectivity index (χ4n) is 3.87. The molecule has 3 aromatic heterocycles. The summed E-state index contributed by atoms with van der Waals surface area (Å²) in [5.41, 5.74) is 2.06. The van der Waals surface area contributed by atoms with Crippen molar-refractivity contribution in [3.63, 3.8) is 0 Å². The first kappa shape index (κ1) is 20.8. The number of hydrogen-bond donors (Lipinski definition) is 2. The van der Waals surface area contributed by atoms with Crippen LogP contribution >= 0.6 is 11.3 Å². The summed E-state index contributed by atoms with van der Waals surface area (Å²) in [6.45, 7) is 2.10. The number of phenols is 1. The van der Waals surface area contributed by atoms with Crippen LogP contribution in [-0.4, -0.2) is 63.3 Å². The smallest absolute Gasteiger partial charge is 0.269 e. The normalized spacial score (nSPS) is 13.9. The third-order valence-electron chi connectivity index (χ3n) is 5.63. The summed E-state index contributed by atoms with van der Waals surface area (Å²) in [6.07, 6.45) is 2.24. The summed E-state index contributed by atoms with van der Waals surface area (Å²) < 4.78 is 0.405. The molecule has 0 saturated carbocycles. The van der Waals surface area contributed by atoms with E-state index in [9.17, 15) is 19.5 Å². The number of phenolic OH excluding ortho intramolecular Hbond substituents is 1. The van der Waals surface area contributed by atoms with Crippen molar-refractivity contribution in [2.75, 3.05) is 31.1 Å². The van der Waals surface area contributed by atoms with Gasteiger partial charge in [0.1, 0.15) is 21.7 Å². The summed E-state index contributed by atoms with van der Waals surface area (Å²) in [6, 6.07) is 10.2. The second-order valence-corrected chi connectivity index (χ2v) is 8.48. The third-order valence-corrected chi connectivity index (χ3v) is 6.60. The van der Waals surface area contributed by atoms with Crippen molar-refractivity contribution in [2.45, 2.75) is 0 Å². The van der Waals surface area contributed by atoms with Crippen LogP contribution in [0, 0.1) is 0 Å². The highest BCUT2D eigenvalue weighted by molar-refractivity contribution is 7.17. The van der Waals surface area contributed by atoms with E-state index in [4.69, 9.17) is 0 Å². The van der Waals surface area contributed by atoms with Crippen molar-refractivity contribution in [3.05, 3.63) is 69.5 Å². The molecule has 4 aromatic rings. The minimum Gasteiger partial charge on any atom is -0.507 e. The number of rotatable bonds is 4. The van der Waals surface area contributed by atoms with Gasteiger partial charge in [-0.15, -0.1) is 11.3 Å². The van der Waals surface area contributed by atoms with E-state index in [1.54, 1.807) is 46.8 Å². The lowest BCUT2D eigenvalue weighted by atomic mass is 10.1. The molecular formula is C23H19N5O4S. The van der Waals surface area contributed by atoms with Crippen molar-refractivity contribution in [1.29, 1.82) is 0 Å². The molecule has 1 aliphatic rings. The Morgan fingerprint density at radius 2 is 1.97 bits per heavy atom. The van der Waals surface area contributed by atoms with Gasteiger partial charge in [-0.25, -0.2) is 4.98 Å². The zero-order valence-corrected chi connectivity index (χ0v) is 18.2. The summed E-state index contributed by atoms with van der Waals surface area (Å²) in [7, 11) is 0. The quantitative estimate of drug-likeness (QED) is 0.448. The number of nitrogens with one attached hydrogen (secondary N) is 1. The number of carbonyl (C=O) groups is 2. The lowest BCUT2D eigenvalue weighted by Gasteiger charge is -2.36. The van der Waals surface area contributed by atoms with Gasteiger partial charge in [-0.05, 0) is 30.3 Å². The highest BCUT2D eigenvalue weighted by Gasteiger charge is 2.26. The summed E-state index contributed by atoms with van der Waals surface area (Å²) >= 11 is 1.20. The number of H-pyrrole nitrogens is 1. The van der Waals surface area contributed by atoms with Crippen molar-refractivity contribution in [2.24, 2.45) is 0 Å². The van der Waals surface area contributed by atoms with E-state index in [2.05, 4.69) is 19.9 Å². The Hall–Kier alpha value is -4.05. The molecule has 0 aliphatic carbocycles. The molecule has 4 heterocycles. The van der Waals surface area contributed by atoms with Crippen LogP contribution in [0.15, 0.2) is 52.8 Å². The molecule has 2 N–H and O–H groups in total. The van der Waals surface area contributed by atoms with Crippen LogP contribution in [0.3, 0.4) is 0 Å². The standard InChI is InChI=1S/C23H19N5O4S/c29-12-14-11-15(4-5-18(14)30)27-7-9-28(10-8-27)23(32)16-13-33-20-19(16)25-21(26-22(20)31)17-3-1-2-6-24-17/h1-6,11-13,30H,7-10H2,(H,25,26,31). The van der Waals surface area contributed by atoms with Gasteiger partial charge in [-0.2, -0.15) is 0 Å². The highest BCUT2D eigenvalue weighted by Crippen LogP contribution is 2.27. The summed E-state index contributed by atoms with van der Waals surface area (Å²) in [5.74, 6) is 0.0911. The lowest BCUT2D eigenvalue weighted by Crippen LogP contribution is -2.48. The molecular weight excluding hydrogens is 442 g/mol. The number of piperazine rings is 1. The van der Waals surface area contributed by atoms with Gasteiger partial charge in [0.25, 0.3) is 11.5 Å². The Labute approximate surface area is 192 Å². The SMILES string of the molecule is O=Cc1cc(N2CCN(C(=O)c3csc4c(=O)[nH]c(-c5ccccn5)nc34)CC2)ccc1O. The van der Waals surface area contributed by atoms with Crippen molar-refractivity contribution in [1.82, 2.24) is 19.9 Å². The predicted molar refractivity (Wildman–Crippen MR) is 125 cm³/mol. The van der Waals surface area contributed by atoms with E-state index in [0.29, 0.717) is 59.8 Å². The number of amides is 1. The highest BCUT2D eigenvalue weighted by atomic mass is 32.1. The first-order valence-corrected chi connectivity index (χ1v) is 11.2. The molecule has 0 unspecified atom stereocenters. The Balaban J connectivity index is 1.38. The maximum atomic E-state index is 13.3. The number of carbonyl (C=O) groups excluding carboxylic acids is 2. The second-order valence-electron chi connectivity index (χ2n) is 7.60. The molecule has 1 fully saturated rings. The third kappa shape index (κ3) is 3.85. The molecule has 166 valence electrons. The van der Waals surface area contributed by atoms with Gasteiger partial charge in [0.15, 0.2) is 12.1 Å². The zero-order chi connectivity index (χ0) is 22.9. The molecule has 9 nitrogen and oxygen atoms in total. The number of fused-ring (bicyclic) bond motifs is 1. The van der Waals surface area contributed by atoms with Crippen LogP contribution in [0.4, 0.5) is 5.69 Å². The largest absolute Gasteiger partial charge is 0.507 e. The molecule has 0 radical (unpaired) electrons. The van der Waals surface area contributed by atoms with Crippen LogP contribution in [0.1, 0.15) is 20.7 Å². The minimum absolute atomic E-state index is 0.0561. The van der Waals surface area contributed by atoms with Gasteiger partial charge >= 0.3 is 0 Å². The van der Waals surface area contributed by atoms with Crippen LogP contribution in [0.2, 0.25) is 0 Å². The monoisotopic (exact) mass is 461 g/mol. The molecule has 1 saturated heterocycles. The number of benzene rings is 1. The van der Waals surface area contributed by atoms with E-state index >= 15 is 0 Å². The van der Waals surface area contributed by atoms with E-state index in [0.717, 1.165) is 5.69 Å². The number of thiophene rings is 1. The molecule has 0 spiro atoms. The van der Waals surface area contributed by atoms with Gasteiger partial charge < -0.3 is 19.9 Å². The maximum absolute atomic E-state index is 13.3. The van der Waals surface area contributed by atoms with Crippen molar-refractivity contribution in [3.8, 4) is 17.3 Å². The Bertz CT molecular complexity index is 1410. The molecule has 1 amide bonds. The van der Waals surface area contributed by atoms with Gasteiger partial charge in [-0.1, -0.05) is 6.07 Å². The van der Waals surface area contributed by atoms with Gasteiger partial charge in [0.05, 0.1) is 11.1 Å². The fraction of sp³-hybridized carbons (Fsp3) is 0.174. The number of pyridine rings is 1. The number of aromatic nitrogens is 3. The topological polar surface area (TPSA) is 119 Å². The van der Waals surface area contributed by atoms with Crippen LogP contribution in [-0.2, 0) is 0 Å².